The van der Waals surface area contributed by atoms with Gasteiger partial charge in [-0.15, -0.1) is 0 Å². The molecule has 2 saturated heterocycles. The number of hydrogen-bond donors (Lipinski definition) is 3. The number of hydrogen-bond acceptors (Lipinski definition) is 4. The van der Waals surface area contributed by atoms with E-state index in [9.17, 15) is 14.4 Å². The maximum absolute atomic E-state index is 14.0. The van der Waals surface area contributed by atoms with E-state index in [1.807, 2.05) is 36.5 Å². The number of carbonyl (C=O) groups is 3. The average molecular weight is 497 g/mol. The highest BCUT2D eigenvalue weighted by Crippen LogP contribution is 2.54. The molecule has 3 amide bonds. The standard InChI is InChI=1S/C28H21ClN4O3/c29-16-10-11-21-19(13-16)28(27(36)31-21)24-23(25(34)33(26(24)35)17-6-2-1-3-7-17)22(32-28)12-15-14-30-20-9-5-4-8-18(15)20/h1-11,13-14,22-24,30,32H,12H2,(H,31,36). The number of fused-ring (bicyclic) bond motifs is 5. The van der Waals surface area contributed by atoms with E-state index in [4.69, 9.17) is 11.6 Å². The monoisotopic (exact) mass is 496 g/mol. The van der Waals surface area contributed by atoms with Gasteiger partial charge in [0.15, 0.2) is 0 Å². The van der Waals surface area contributed by atoms with E-state index in [-0.39, 0.29) is 17.7 Å². The summed E-state index contributed by atoms with van der Waals surface area (Å²) in [4.78, 5) is 46.1. The van der Waals surface area contributed by atoms with Crippen LogP contribution < -0.4 is 15.5 Å². The number of amides is 3. The summed E-state index contributed by atoms with van der Waals surface area (Å²) in [7, 11) is 0. The number of H-pyrrole nitrogens is 1. The van der Waals surface area contributed by atoms with Gasteiger partial charge in [-0.2, -0.15) is 0 Å². The minimum Gasteiger partial charge on any atom is -0.361 e. The smallest absolute Gasteiger partial charge is 0.250 e. The fraction of sp³-hybridized carbons (Fsp3) is 0.179. The number of carbonyl (C=O) groups excluding carboxylic acids is 3. The molecule has 2 fully saturated rings. The highest BCUT2D eigenvalue weighted by molar-refractivity contribution is 6.31. The number of benzene rings is 3. The van der Waals surface area contributed by atoms with Crippen molar-refractivity contribution in [2.24, 2.45) is 11.8 Å². The zero-order valence-electron chi connectivity index (χ0n) is 19.0. The minimum absolute atomic E-state index is 0.298. The van der Waals surface area contributed by atoms with Crippen molar-refractivity contribution in [2.75, 3.05) is 10.2 Å². The Labute approximate surface area is 211 Å². The van der Waals surface area contributed by atoms with E-state index in [0.29, 0.717) is 28.4 Å². The molecular formula is C28H21ClN4O3. The lowest BCUT2D eigenvalue weighted by Crippen LogP contribution is -2.53. The second-order valence-electron chi connectivity index (χ2n) is 9.62. The van der Waals surface area contributed by atoms with Crippen molar-refractivity contribution >= 4 is 51.6 Å². The molecule has 3 N–H and O–H groups in total. The Hall–Kier alpha value is -3.94. The Kier molecular flexibility index (Phi) is 4.46. The van der Waals surface area contributed by atoms with Gasteiger partial charge in [-0.25, -0.2) is 4.90 Å². The molecule has 4 unspecified atom stereocenters. The molecular weight excluding hydrogens is 476 g/mol. The second-order valence-corrected chi connectivity index (χ2v) is 10.1. The molecule has 4 heterocycles. The van der Waals surface area contributed by atoms with Crippen LogP contribution in [0.3, 0.4) is 0 Å². The topological polar surface area (TPSA) is 94.3 Å². The van der Waals surface area contributed by atoms with Crippen LogP contribution in [-0.4, -0.2) is 28.7 Å². The normalized spacial score (nSPS) is 26.6. The third kappa shape index (κ3) is 2.75. The molecule has 7 nitrogen and oxygen atoms in total. The summed E-state index contributed by atoms with van der Waals surface area (Å²) < 4.78 is 0. The van der Waals surface area contributed by atoms with Crippen molar-refractivity contribution in [1.29, 1.82) is 0 Å². The van der Waals surface area contributed by atoms with E-state index in [1.54, 1.807) is 42.5 Å². The Morgan fingerprint density at radius 3 is 2.53 bits per heavy atom. The third-order valence-corrected chi connectivity index (χ3v) is 8.04. The maximum Gasteiger partial charge on any atom is 0.250 e. The summed E-state index contributed by atoms with van der Waals surface area (Å²) >= 11 is 6.35. The second kappa shape index (κ2) is 7.53. The summed E-state index contributed by atoms with van der Waals surface area (Å²) in [6.45, 7) is 0. The van der Waals surface area contributed by atoms with Gasteiger partial charge >= 0.3 is 0 Å². The lowest BCUT2D eigenvalue weighted by atomic mass is 9.76. The highest BCUT2D eigenvalue weighted by atomic mass is 35.5. The molecule has 178 valence electrons. The largest absolute Gasteiger partial charge is 0.361 e. The van der Waals surface area contributed by atoms with E-state index < -0.39 is 23.4 Å². The van der Waals surface area contributed by atoms with Crippen molar-refractivity contribution < 1.29 is 14.4 Å². The number of nitrogens with one attached hydrogen (secondary N) is 3. The average Bonchev–Trinajstić information content (AvgIpc) is 3.59. The summed E-state index contributed by atoms with van der Waals surface area (Å²) in [6, 6.07) is 21.6. The molecule has 0 saturated carbocycles. The highest BCUT2D eigenvalue weighted by Gasteiger charge is 2.70. The number of halogens is 1. The molecule has 3 aliphatic heterocycles. The predicted molar refractivity (Wildman–Crippen MR) is 137 cm³/mol. The van der Waals surface area contributed by atoms with Crippen LogP contribution in [0.15, 0.2) is 79.0 Å². The molecule has 36 heavy (non-hydrogen) atoms. The zero-order valence-corrected chi connectivity index (χ0v) is 19.8. The molecule has 0 bridgehead atoms. The molecule has 0 aliphatic carbocycles. The number of anilines is 2. The van der Waals surface area contributed by atoms with Crippen LogP contribution in [0.4, 0.5) is 11.4 Å². The summed E-state index contributed by atoms with van der Waals surface area (Å²) in [6.07, 6.45) is 2.40. The number of aromatic amines is 1. The van der Waals surface area contributed by atoms with Gasteiger partial charge in [-0.3, -0.25) is 19.7 Å². The molecule has 7 rings (SSSR count). The van der Waals surface area contributed by atoms with Crippen LogP contribution in [0.1, 0.15) is 11.1 Å². The molecule has 1 aromatic heterocycles. The van der Waals surface area contributed by atoms with Gasteiger partial charge in [0.2, 0.25) is 17.7 Å². The van der Waals surface area contributed by atoms with Crippen LogP contribution in [0.5, 0.6) is 0 Å². The van der Waals surface area contributed by atoms with Crippen LogP contribution in [0, 0.1) is 11.8 Å². The van der Waals surface area contributed by atoms with Gasteiger partial charge in [0, 0.05) is 39.4 Å². The number of rotatable bonds is 3. The Morgan fingerprint density at radius 1 is 0.917 bits per heavy atom. The minimum atomic E-state index is -1.39. The quantitative estimate of drug-likeness (QED) is 0.374. The lowest BCUT2D eigenvalue weighted by Gasteiger charge is -2.29. The van der Waals surface area contributed by atoms with Crippen LogP contribution in [-0.2, 0) is 26.3 Å². The molecule has 8 heteroatoms. The van der Waals surface area contributed by atoms with E-state index >= 15 is 0 Å². The molecule has 3 aliphatic rings. The van der Waals surface area contributed by atoms with Crippen LogP contribution >= 0.6 is 11.6 Å². The molecule has 3 aromatic carbocycles. The van der Waals surface area contributed by atoms with Crippen molar-refractivity contribution in [3.8, 4) is 0 Å². The zero-order chi connectivity index (χ0) is 24.6. The SMILES string of the molecule is O=C1C2C(Cc3c[nH]c4ccccc34)NC3(C(=O)Nc4ccc(Cl)cc43)C2C(=O)N1c1ccccc1. The van der Waals surface area contributed by atoms with E-state index in [1.165, 1.54) is 4.90 Å². The van der Waals surface area contributed by atoms with Crippen molar-refractivity contribution in [1.82, 2.24) is 10.3 Å². The van der Waals surface area contributed by atoms with Gasteiger partial charge in [-0.1, -0.05) is 48.0 Å². The first-order valence-electron chi connectivity index (χ1n) is 11.9. The van der Waals surface area contributed by atoms with E-state index in [0.717, 1.165) is 16.5 Å². The number of imide groups is 1. The molecule has 0 radical (unpaired) electrons. The maximum atomic E-state index is 14.0. The number of nitrogens with zero attached hydrogens (tertiary/aromatic N) is 1. The fourth-order valence-corrected chi connectivity index (χ4v) is 6.49. The lowest BCUT2D eigenvalue weighted by molar-refractivity contribution is -0.130. The number of para-hydroxylation sites is 2. The van der Waals surface area contributed by atoms with Crippen LogP contribution in [0.2, 0.25) is 5.02 Å². The Balaban J connectivity index is 1.39. The van der Waals surface area contributed by atoms with E-state index in [2.05, 4.69) is 15.6 Å². The van der Waals surface area contributed by atoms with Gasteiger partial charge < -0.3 is 10.3 Å². The summed E-state index contributed by atoms with van der Waals surface area (Å²) in [5.74, 6) is -2.64. The molecule has 4 atom stereocenters. The first-order chi connectivity index (χ1) is 17.5. The van der Waals surface area contributed by atoms with Gasteiger partial charge in [0.05, 0.1) is 17.5 Å². The third-order valence-electron chi connectivity index (χ3n) is 7.81. The Morgan fingerprint density at radius 2 is 1.69 bits per heavy atom. The van der Waals surface area contributed by atoms with Gasteiger partial charge in [-0.05, 0) is 48.4 Å². The predicted octanol–water partition coefficient (Wildman–Crippen LogP) is 3.99. The van der Waals surface area contributed by atoms with Crippen molar-refractivity contribution in [2.45, 2.75) is 18.0 Å². The first kappa shape index (κ1) is 21.4. The van der Waals surface area contributed by atoms with Crippen LogP contribution in [0.25, 0.3) is 10.9 Å². The Bertz CT molecular complexity index is 1580. The molecule has 4 aromatic rings. The summed E-state index contributed by atoms with van der Waals surface area (Å²) in [5.41, 5.74) is 2.33. The van der Waals surface area contributed by atoms with Gasteiger partial charge in [0.1, 0.15) is 5.54 Å². The molecule has 1 spiro atoms. The number of aromatic nitrogens is 1. The fourth-order valence-electron chi connectivity index (χ4n) is 6.32. The first-order valence-corrected chi connectivity index (χ1v) is 12.2. The van der Waals surface area contributed by atoms with Crippen molar-refractivity contribution in [3.63, 3.8) is 0 Å². The van der Waals surface area contributed by atoms with Crippen molar-refractivity contribution in [3.05, 3.63) is 95.1 Å². The van der Waals surface area contributed by atoms with Gasteiger partial charge in [0.25, 0.3) is 0 Å². The summed E-state index contributed by atoms with van der Waals surface area (Å²) in [5, 5.41) is 7.91.